The molecule has 0 saturated heterocycles. The lowest BCUT2D eigenvalue weighted by Gasteiger charge is -2.30. The van der Waals surface area contributed by atoms with Crippen molar-refractivity contribution in [2.75, 3.05) is 18.6 Å². The first-order chi connectivity index (χ1) is 15.2. The highest BCUT2D eigenvalue weighted by Crippen LogP contribution is 2.35. The summed E-state index contributed by atoms with van der Waals surface area (Å²) < 4.78 is 46.1. The smallest absolute Gasteiger partial charge is 0.416 e. The first-order valence-corrected chi connectivity index (χ1v) is 10.8. The lowest BCUT2D eigenvalue weighted by atomic mass is 10.0. The van der Waals surface area contributed by atoms with E-state index in [9.17, 15) is 13.2 Å². The minimum atomic E-state index is -4.36. The molecule has 0 aliphatic rings. The molecule has 0 aliphatic carbocycles. The van der Waals surface area contributed by atoms with Gasteiger partial charge in [-0.15, -0.1) is 5.10 Å². The van der Waals surface area contributed by atoms with Crippen LogP contribution in [0.4, 0.5) is 19.1 Å². The minimum Gasteiger partial charge on any atom is -0.496 e. The van der Waals surface area contributed by atoms with Gasteiger partial charge in [0.15, 0.2) is 5.82 Å². The van der Waals surface area contributed by atoms with Crippen LogP contribution in [-0.2, 0) is 13.2 Å². The van der Waals surface area contributed by atoms with E-state index < -0.39 is 11.7 Å². The van der Waals surface area contributed by atoms with Gasteiger partial charge in [0, 0.05) is 18.6 Å². The number of hydrogen-bond acceptors (Lipinski definition) is 4. The highest BCUT2D eigenvalue weighted by Gasteiger charge is 2.31. The van der Waals surface area contributed by atoms with Gasteiger partial charge in [-0.25, -0.2) is 4.68 Å². The fourth-order valence-electron chi connectivity index (χ4n) is 3.74. The van der Waals surface area contributed by atoms with Crippen molar-refractivity contribution in [2.24, 2.45) is 7.05 Å². The number of benzene rings is 2. The maximum atomic E-state index is 13.0. The molecule has 172 valence electrons. The quantitative estimate of drug-likeness (QED) is 0.378. The van der Waals surface area contributed by atoms with Crippen LogP contribution >= 0.6 is 11.6 Å². The van der Waals surface area contributed by atoms with Gasteiger partial charge < -0.3 is 9.64 Å². The van der Waals surface area contributed by atoms with E-state index >= 15 is 0 Å². The second kappa shape index (κ2) is 9.81. The zero-order valence-corrected chi connectivity index (χ0v) is 19.2. The zero-order valence-electron chi connectivity index (χ0n) is 18.4. The summed E-state index contributed by atoms with van der Waals surface area (Å²) in [5.41, 5.74) is 0.871. The maximum absolute atomic E-state index is 13.0. The molecule has 0 unspecified atom stereocenters. The van der Waals surface area contributed by atoms with Gasteiger partial charge >= 0.3 is 6.18 Å². The molecule has 0 fully saturated rings. The van der Waals surface area contributed by atoms with Crippen molar-refractivity contribution in [1.82, 2.24) is 14.8 Å². The number of aryl methyl sites for hydroxylation is 1. The zero-order chi connectivity index (χ0) is 23.5. The fourth-order valence-corrected chi connectivity index (χ4v) is 3.91. The maximum Gasteiger partial charge on any atom is 0.416 e. The van der Waals surface area contributed by atoms with Crippen molar-refractivity contribution in [3.8, 4) is 17.1 Å². The molecule has 1 aromatic heterocycles. The number of rotatable bonds is 8. The Morgan fingerprint density at radius 2 is 1.81 bits per heavy atom. The van der Waals surface area contributed by atoms with Crippen LogP contribution in [0, 0.1) is 0 Å². The van der Waals surface area contributed by atoms with Crippen LogP contribution in [0.1, 0.15) is 43.9 Å². The lowest BCUT2D eigenvalue weighted by molar-refractivity contribution is -0.137. The molecule has 1 atom stereocenters. The average molecular weight is 467 g/mol. The van der Waals surface area contributed by atoms with Gasteiger partial charge in [-0.05, 0) is 48.7 Å². The van der Waals surface area contributed by atoms with Crippen molar-refractivity contribution in [3.05, 3.63) is 58.6 Å². The van der Waals surface area contributed by atoms with Crippen LogP contribution in [0.5, 0.6) is 5.75 Å². The Morgan fingerprint density at radius 3 is 2.38 bits per heavy atom. The van der Waals surface area contributed by atoms with E-state index in [1.807, 2.05) is 24.8 Å². The minimum absolute atomic E-state index is 0.167. The number of ether oxygens (including phenoxy) is 1. The summed E-state index contributed by atoms with van der Waals surface area (Å²) in [5, 5.41) is 5.17. The molecule has 3 aromatic rings. The molecule has 0 aliphatic heterocycles. The second-order valence-electron chi connectivity index (χ2n) is 7.44. The monoisotopic (exact) mass is 466 g/mol. The van der Waals surface area contributed by atoms with Crippen molar-refractivity contribution >= 4 is 17.5 Å². The molecule has 5 nitrogen and oxygen atoms in total. The molecule has 0 saturated carbocycles. The molecule has 32 heavy (non-hydrogen) atoms. The Morgan fingerprint density at radius 1 is 1.12 bits per heavy atom. The summed E-state index contributed by atoms with van der Waals surface area (Å²) >= 11 is 6.09. The van der Waals surface area contributed by atoms with Gasteiger partial charge in [0.25, 0.3) is 0 Å². The van der Waals surface area contributed by atoms with Crippen LogP contribution in [-0.4, -0.2) is 28.4 Å². The molecule has 9 heteroatoms. The summed E-state index contributed by atoms with van der Waals surface area (Å²) in [5.74, 6) is 1.70. The van der Waals surface area contributed by atoms with Gasteiger partial charge in [0.2, 0.25) is 5.95 Å². The van der Waals surface area contributed by atoms with E-state index in [0.29, 0.717) is 35.5 Å². The van der Waals surface area contributed by atoms with Gasteiger partial charge in [-0.3, -0.25) is 0 Å². The van der Waals surface area contributed by atoms with Crippen LogP contribution < -0.4 is 9.64 Å². The van der Waals surface area contributed by atoms with Gasteiger partial charge in [0.05, 0.1) is 24.3 Å². The number of halogens is 4. The van der Waals surface area contributed by atoms with Gasteiger partial charge in [-0.2, -0.15) is 18.2 Å². The third-order valence-electron chi connectivity index (χ3n) is 5.26. The van der Waals surface area contributed by atoms with Crippen LogP contribution in [0.3, 0.4) is 0 Å². The largest absolute Gasteiger partial charge is 0.496 e. The molecule has 3 rings (SSSR count). The predicted octanol–water partition coefficient (Wildman–Crippen LogP) is 6.53. The summed E-state index contributed by atoms with van der Waals surface area (Å²) in [7, 11) is 3.36. The van der Waals surface area contributed by atoms with Crippen molar-refractivity contribution in [2.45, 2.75) is 38.9 Å². The normalized spacial score (nSPS) is 12.6. The van der Waals surface area contributed by atoms with Crippen LogP contribution in [0.2, 0.25) is 5.02 Å². The first kappa shape index (κ1) is 23.9. The number of alkyl halides is 3. The van der Waals surface area contributed by atoms with Gasteiger partial charge in [-0.1, -0.05) is 37.6 Å². The van der Waals surface area contributed by atoms with E-state index in [1.165, 1.54) is 12.1 Å². The van der Waals surface area contributed by atoms with E-state index in [-0.39, 0.29) is 6.04 Å². The standard InChI is InChI=1S/C23H26ClF3N4O/c1-5-13-31(19(6-2)15-7-9-16(10-8-15)23(25,26)27)22-28-21(30(3)29-22)18-12-11-17(24)14-20(18)32-4/h7-12,14,19H,5-6,13H2,1-4H3/t19-/m1/s1. The van der Waals surface area contributed by atoms with E-state index in [4.69, 9.17) is 21.3 Å². The molecule has 0 radical (unpaired) electrons. The van der Waals surface area contributed by atoms with Crippen LogP contribution in [0.15, 0.2) is 42.5 Å². The third kappa shape index (κ3) is 5.01. The fraction of sp³-hybridized carbons (Fsp3) is 0.391. The molecule has 0 spiro atoms. The summed E-state index contributed by atoms with van der Waals surface area (Å²) in [6.45, 7) is 4.69. The highest BCUT2D eigenvalue weighted by molar-refractivity contribution is 6.30. The molecular formula is C23H26ClF3N4O. The number of methoxy groups -OCH3 is 1. The number of aromatic nitrogens is 3. The first-order valence-electron chi connectivity index (χ1n) is 10.4. The highest BCUT2D eigenvalue weighted by atomic mass is 35.5. The van der Waals surface area contributed by atoms with Crippen molar-refractivity contribution in [3.63, 3.8) is 0 Å². The van der Waals surface area contributed by atoms with Gasteiger partial charge in [0.1, 0.15) is 5.75 Å². The number of nitrogens with zero attached hydrogens (tertiary/aromatic N) is 4. The predicted molar refractivity (Wildman–Crippen MR) is 120 cm³/mol. The molecule has 0 N–H and O–H groups in total. The Bertz CT molecular complexity index is 1050. The molecule has 1 heterocycles. The average Bonchev–Trinajstić information content (AvgIpc) is 3.14. The van der Waals surface area contributed by atoms with Crippen LogP contribution in [0.25, 0.3) is 11.4 Å². The molecule has 0 amide bonds. The SMILES string of the molecule is CCCN(c1nc(-c2ccc(Cl)cc2OC)n(C)n1)[C@H](CC)c1ccc(C(F)(F)F)cc1. The third-order valence-corrected chi connectivity index (χ3v) is 5.50. The summed E-state index contributed by atoms with van der Waals surface area (Å²) in [4.78, 5) is 6.80. The Hall–Kier alpha value is -2.74. The Balaban J connectivity index is 2.00. The topological polar surface area (TPSA) is 43.2 Å². The van der Waals surface area contributed by atoms with Crippen molar-refractivity contribution < 1.29 is 17.9 Å². The molecule has 0 bridgehead atoms. The molecular weight excluding hydrogens is 441 g/mol. The summed E-state index contributed by atoms with van der Waals surface area (Å²) in [6, 6.07) is 10.4. The van der Waals surface area contributed by atoms with E-state index in [1.54, 1.807) is 31.0 Å². The molecule has 2 aromatic carbocycles. The Kier molecular flexibility index (Phi) is 7.33. The van der Waals surface area contributed by atoms with Crippen molar-refractivity contribution in [1.29, 1.82) is 0 Å². The lowest BCUT2D eigenvalue weighted by Crippen LogP contribution is -2.30. The second-order valence-corrected chi connectivity index (χ2v) is 7.88. The van der Waals surface area contributed by atoms with E-state index in [0.717, 1.165) is 29.7 Å². The number of hydrogen-bond donors (Lipinski definition) is 0. The summed E-state index contributed by atoms with van der Waals surface area (Å²) in [6.07, 6.45) is -2.85. The van der Waals surface area contributed by atoms with E-state index in [2.05, 4.69) is 5.10 Å². The number of anilines is 1. The Labute approximate surface area is 190 Å².